The maximum absolute atomic E-state index is 13.2. The van der Waals surface area contributed by atoms with Crippen molar-refractivity contribution in [2.24, 2.45) is 5.92 Å². The number of carbonyl (C=O) groups excluding carboxylic acids is 1. The minimum Gasteiger partial charge on any atom is -0.349 e. The van der Waals surface area contributed by atoms with Crippen LogP contribution in [0.4, 0.5) is 0 Å². The normalized spacial score (nSPS) is 19.9. The molecule has 1 amide bonds. The van der Waals surface area contributed by atoms with Crippen LogP contribution in [0.15, 0.2) is 36.4 Å². The number of nitrogens with zero attached hydrogens (tertiary/aromatic N) is 1. The Morgan fingerprint density at radius 2 is 1.82 bits per heavy atom. The molecule has 1 saturated heterocycles. The van der Waals surface area contributed by atoms with Gasteiger partial charge >= 0.3 is 0 Å². The first kappa shape index (κ1) is 25.5. The van der Waals surface area contributed by atoms with Gasteiger partial charge in [0.25, 0.3) is 0 Å². The highest BCUT2D eigenvalue weighted by Gasteiger charge is 2.33. The molecule has 1 heterocycles. The number of hydrogen-bond acceptors (Lipinski definition) is 3. The van der Waals surface area contributed by atoms with E-state index >= 15 is 0 Å². The van der Waals surface area contributed by atoms with Crippen molar-refractivity contribution in [3.8, 4) is 0 Å². The first-order chi connectivity index (χ1) is 16.3. The van der Waals surface area contributed by atoms with Gasteiger partial charge in [0.2, 0.25) is 15.9 Å². The number of sulfonamides is 1. The predicted molar refractivity (Wildman–Crippen MR) is 138 cm³/mol. The van der Waals surface area contributed by atoms with Crippen molar-refractivity contribution in [2.75, 3.05) is 13.1 Å². The van der Waals surface area contributed by atoms with Gasteiger partial charge in [-0.15, -0.1) is 0 Å². The number of benzene rings is 2. The van der Waals surface area contributed by atoms with Crippen molar-refractivity contribution in [1.29, 1.82) is 0 Å². The second-order valence-corrected chi connectivity index (χ2v) is 12.2. The lowest BCUT2D eigenvalue weighted by Gasteiger charge is -2.32. The summed E-state index contributed by atoms with van der Waals surface area (Å²) < 4.78 is 27.6. The van der Waals surface area contributed by atoms with Crippen LogP contribution in [-0.4, -0.2) is 31.7 Å². The average molecular weight is 524 g/mol. The van der Waals surface area contributed by atoms with Crippen LogP contribution >= 0.6 is 23.2 Å². The van der Waals surface area contributed by atoms with Crippen molar-refractivity contribution in [2.45, 2.75) is 63.7 Å². The number of hydrogen-bond donors (Lipinski definition) is 1. The van der Waals surface area contributed by atoms with E-state index in [1.54, 1.807) is 18.2 Å². The molecule has 1 aliphatic heterocycles. The molecule has 1 N–H and O–H groups in total. The summed E-state index contributed by atoms with van der Waals surface area (Å²) in [5.41, 5.74) is 4.54. The number of halogens is 2. The molecule has 2 aromatic carbocycles. The van der Waals surface area contributed by atoms with E-state index < -0.39 is 10.0 Å². The summed E-state index contributed by atoms with van der Waals surface area (Å²) in [4.78, 5) is 13.2. The smallest absolute Gasteiger partial charge is 0.224 e. The molecule has 0 bridgehead atoms. The fraction of sp³-hybridized carbons (Fsp3) is 0.500. The minimum absolute atomic E-state index is 0.0667. The molecule has 0 spiro atoms. The summed E-state index contributed by atoms with van der Waals surface area (Å²) >= 11 is 12.0. The lowest BCUT2D eigenvalue weighted by Crippen LogP contribution is -2.46. The molecule has 0 aromatic heterocycles. The largest absolute Gasteiger partial charge is 0.349 e. The van der Waals surface area contributed by atoms with Gasteiger partial charge in [-0.05, 0) is 79.3 Å². The Morgan fingerprint density at radius 3 is 2.56 bits per heavy atom. The molecule has 8 heteroatoms. The van der Waals surface area contributed by atoms with Crippen molar-refractivity contribution in [1.82, 2.24) is 9.62 Å². The summed E-state index contributed by atoms with van der Waals surface area (Å²) in [7, 11) is -3.58. The molecule has 5 nitrogen and oxygen atoms in total. The van der Waals surface area contributed by atoms with Crippen molar-refractivity contribution < 1.29 is 13.2 Å². The topological polar surface area (TPSA) is 66.5 Å². The fourth-order valence-corrected chi connectivity index (χ4v) is 6.94. The van der Waals surface area contributed by atoms with Crippen LogP contribution in [0, 0.1) is 5.92 Å². The molecule has 2 atom stereocenters. The van der Waals surface area contributed by atoms with Crippen LogP contribution in [0.2, 0.25) is 10.0 Å². The highest BCUT2D eigenvalue weighted by atomic mass is 35.5. The van der Waals surface area contributed by atoms with Gasteiger partial charge in [-0.3, -0.25) is 4.79 Å². The maximum Gasteiger partial charge on any atom is 0.224 e. The van der Waals surface area contributed by atoms with Gasteiger partial charge in [0.1, 0.15) is 0 Å². The molecule has 1 fully saturated rings. The number of carbonyl (C=O) groups is 1. The molecule has 2 aromatic rings. The van der Waals surface area contributed by atoms with Gasteiger partial charge in [-0.2, -0.15) is 0 Å². The molecular weight excluding hydrogens is 491 g/mol. The Morgan fingerprint density at radius 1 is 1.06 bits per heavy atom. The third-order valence-electron chi connectivity index (χ3n) is 6.98. The molecule has 1 aliphatic carbocycles. The zero-order chi connectivity index (χ0) is 24.3. The number of fused-ring (bicyclic) bond motifs is 1. The SMILES string of the molecule is CC[C@@H](NC(=O)[C@@H]1CCCN(S(=O)(=O)Cc2ccc(Cl)c(Cl)c2)C1)c1ccc2c(c1)CCCC2. The summed E-state index contributed by atoms with van der Waals surface area (Å²) in [5.74, 6) is -0.590. The van der Waals surface area contributed by atoms with Crippen LogP contribution in [-0.2, 0) is 33.4 Å². The number of amides is 1. The van der Waals surface area contributed by atoms with Crippen LogP contribution in [0.5, 0.6) is 0 Å². The molecule has 34 heavy (non-hydrogen) atoms. The maximum atomic E-state index is 13.2. The van der Waals surface area contributed by atoms with E-state index in [-0.39, 0.29) is 30.2 Å². The van der Waals surface area contributed by atoms with E-state index in [1.165, 1.54) is 28.3 Å². The summed E-state index contributed by atoms with van der Waals surface area (Å²) in [6.45, 7) is 2.70. The highest BCUT2D eigenvalue weighted by molar-refractivity contribution is 7.88. The molecule has 184 valence electrons. The molecule has 0 unspecified atom stereocenters. The summed E-state index contributed by atoms with van der Waals surface area (Å²) in [6, 6.07) is 11.4. The van der Waals surface area contributed by atoms with Gasteiger partial charge < -0.3 is 5.32 Å². The Bertz CT molecular complexity index is 1150. The Balaban J connectivity index is 1.41. The van der Waals surface area contributed by atoms with E-state index in [9.17, 15) is 13.2 Å². The third kappa shape index (κ3) is 5.96. The van der Waals surface area contributed by atoms with Crippen LogP contribution in [0.25, 0.3) is 0 Å². The second kappa shape index (κ2) is 11.0. The zero-order valence-corrected chi connectivity index (χ0v) is 21.9. The van der Waals surface area contributed by atoms with Crippen LogP contribution in [0.3, 0.4) is 0 Å². The van der Waals surface area contributed by atoms with Crippen molar-refractivity contribution in [3.05, 3.63) is 68.7 Å². The molecule has 0 radical (unpaired) electrons. The Hall–Kier alpha value is -1.60. The van der Waals surface area contributed by atoms with Gasteiger partial charge in [0.15, 0.2) is 0 Å². The van der Waals surface area contributed by atoms with Crippen molar-refractivity contribution in [3.63, 3.8) is 0 Å². The van der Waals surface area contributed by atoms with E-state index in [1.807, 2.05) is 0 Å². The van der Waals surface area contributed by atoms with E-state index in [0.29, 0.717) is 35.0 Å². The van der Waals surface area contributed by atoms with Gasteiger partial charge in [-0.25, -0.2) is 12.7 Å². The van der Waals surface area contributed by atoms with E-state index in [2.05, 4.69) is 30.4 Å². The number of piperidine rings is 1. The first-order valence-corrected chi connectivity index (χ1v) is 14.5. The average Bonchev–Trinajstić information content (AvgIpc) is 2.84. The monoisotopic (exact) mass is 522 g/mol. The summed E-state index contributed by atoms with van der Waals surface area (Å²) in [6.07, 6.45) is 6.83. The zero-order valence-electron chi connectivity index (χ0n) is 19.5. The fourth-order valence-electron chi connectivity index (χ4n) is 5.02. The Kier molecular flexibility index (Phi) is 8.24. The highest BCUT2D eigenvalue weighted by Crippen LogP contribution is 2.28. The number of nitrogens with one attached hydrogen (secondary N) is 1. The van der Waals surface area contributed by atoms with Crippen LogP contribution in [0.1, 0.15) is 67.3 Å². The molecule has 0 saturated carbocycles. The lowest BCUT2D eigenvalue weighted by atomic mass is 9.88. The standard InChI is InChI=1S/C26H32Cl2N2O3S/c1-2-25(21-11-10-19-6-3-4-7-20(19)15-21)29-26(31)22-8-5-13-30(16-22)34(32,33)17-18-9-12-23(27)24(28)14-18/h9-12,14-15,22,25H,2-8,13,16-17H2,1H3,(H,29,31)/t22-,25-/m1/s1. The molecule has 2 aliphatic rings. The number of aryl methyl sites for hydroxylation is 2. The van der Waals surface area contributed by atoms with Gasteiger partial charge in [0, 0.05) is 13.1 Å². The van der Waals surface area contributed by atoms with Gasteiger partial charge in [-0.1, -0.05) is 54.4 Å². The third-order valence-corrected chi connectivity index (χ3v) is 9.54. The predicted octanol–water partition coefficient (Wildman–Crippen LogP) is 5.68. The second-order valence-electron chi connectivity index (χ2n) is 9.41. The lowest BCUT2D eigenvalue weighted by molar-refractivity contribution is -0.126. The summed E-state index contributed by atoms with van der Waals surface area (Å²) in [5, 5.41) is 3.92. The Labute approximate surface area is 212 Å². The molecule has 4 rings (SSSR count). The van der Waals surface area contributed by atoms with Gasteiger partial charge in [0.05, 0.1) is 27.8 Å². The quantitative estimate of drug-likeness (QED) is 0.508. The van der Waals surface area contributed by atoms with Crippen LogP contribution < -0.4 is 5.32 Å². The van der Waals surface area contributed by atoms with Crippen molar-refractivity contribution >= 4 is 39.1 Å². The van der Waals surface area contributed by atoms with E-state index in [4.69, 9.17) is 23.2 Å². The molecular formula is C26H32Cl2N2O3S. The first-order valence-electron chi connectivity index (χ1n) is 12.1. The number of rotatable bonds is 7. The van der Waals surface area contributed by atoms with E-state index in [0.717, 1.165) is 24.8 Å². The minimum atomic E-state index is -3.58.